The molecule has 0 aromatic carbocycles. The van der Waals surface area contributed by atoms with E-state index in [1.165, 1.54) is 0 Å². The summed E-state index contributed by atoms with van der Waals surface area (Å²) in [7, 11) is 0. The topological polar surface area (TPSA) is 73.4 Å². The van der Waals surface area contributed by atoms with Gasteiger partial charge >= 0.3 is 0 Å². The van der Waals surface area contributed by atoms with E-state index in [0.717, 1.165) is 3.70 Å². The smallest absolute Gasteiger partial charge is 0.142 e. The third kappa shape index (κ3) is 5.09. The molecule has 0 aliphatic rings. The first-order valence-electron chi connectivity index (χ1n) is 4.71. The molecule has 4 nitrogen and oxygen atoms in total. The van der Waals surface area contributed by atoms with Crippen molar-refractivity contribution >= 4 is 34.2 Å². The van der Waals surface area contributed by atoms with Crippen LogP contribution in [0.2, 0.25) is 5.15 Å². The van der Waals surface area contributed by atoms with Crippen LogP contribution in [0.15, 0.2) is 36.4 Å². The molecule has 0 radical (unpaired) electrons. The molecule has 0 amide bonds. The maximum absolute atomic E-state index is 8.35. The summed E-state index contributed by atoms with van der Waals surface area (Å²) in [6, 6.07) is 14.1. The van der Waals surface area contributed by atoms with E-state index in [1.807, 2.05) is 24.3 Å². The third-order valence-electron chi connectivity index (χ3n) is 1.66. The highest BCUT2D eigenvalue weighted by Gasteiger charge is 1.90. The predicted molar refractivity (Wildman–Crippen MR) is 75.6 cm³/mol. The van der Waals surface area contributed by atoms with Crippen molar-refractivity contribution in [2.75, 3.05) is 0 Å². The zero-order chi connectivity index (χ0) is 13.4. The number of pyridine rings is 2. The van der Waals surface area contributed by atoms with Crippen molar-refractivity contribution in [1.29, 1.82) is 10.5 Å². The van der Waals surface area contributed by atoms with Crippen LogP contribution in [0, 0.1) is 26.4 Å². The van der Waals surface area contributed by atoms with Gasteiger partial charge in [-0.05, 0) is 46.9 Å². The molecule has 0 spiro atoms. The molecule has 0 bridgehead atoms. The molecule has 0 saturated heterocycles. The first-order chi connectivity index (χ1) is 8.65. The van der Waals surface area contributed by atoms with Gasteiger partial charge in [-0.2, -0.15) is 10.5 Å². The van der Waals surface area contributed by atoms with Crippen LogP contribution in [0.4, 0.5) is 0 Å². The van der Waals surface area contributed by atoms with Crippen LogP contribution in [0.3, 0.4) is 0 Å². The van der Waals surface area contributed by atoms with Crippen molar-refractivity contribution in [1.82, 2.24) is 9.97 Å². The van der Waals surface area contributed by atoms with Crippen LogP contribution in [0.5, 0.6) is 0 Å². The molecule has 0 atom stereocenters. The second kappa shape index (κ2) is 7.59. The lowest BCUT2D eigenvalue weighted by atomic mass is 10.4. The van der Waals surface area contributed by atoms with Crippen LogP contribution in [0.1, 0.15) is 11.4 Å². The molecule has 88 valence electrons. The number of hydrogen-bond donors (Lipinski definition) is 0. The van der Waals surface area contributed by atoms with Crippen molar-refractivity contribution in [3.05, 3.63) is 56.6 Å². The van der Waals surface area contributed by atoms with E-state index >= 15 is 0 Å². The van der Waals surface area contributed by atoms with Crippen molar-refractivity contribution in [3.8, 4) is 12.1 Å². The monoisotopic (exact) mass is 368 g/mol. The van der Waals surface area contributed by atoms with Crippen molar-refractivity contribution < 1.29 is 0 Å². The molecule has 0 aliphatic carbocycles. The Morgan fingerprint density at radius 1 is 0.944 bits per heavy atom. The second-order valence-corrected chi connectivity index (χ2v) is 4.41. The summed E-state index contributed by atoms with van der Waals surface area (Å²) in [5.41, 5.74) is 0.824. The van der Waals surface area contributed by atoms with Gasteiger partial charge in [-0.1, -0.05) is 23.7 Å². The lowest BCUT2D eigenvalue weighted by Crippen LogP contribution is -1.82. The van der Waals surface area contributed by atoms with Crippen LogP contribution in [-0.2, 0) is 0 Å². The van der Waals surface area contributed by atoms with Gasteiger partial charge in [-0.3, -0.25) is 0 Å². The quantitative estimate of drug-likeness (QED) is 0.529. The Morgan fingerprint density at radius 3 is 1.89 bits per heavy atom. The van der Waals surface area contributed by atoms with Gasteiger partial charge in [0.1, 0.15) is 32.4 Å². The Labute approximate surface area is 123 Å². The van der Waals surface area contributed by atoms with E-state index < -0.39 is 0 Å². The summed E-state index contributed by atoms with van der Waals surface area (Å²) >= 11 is 7.53. The molecule has 2 aromatic rings. The average molecular weight is 369 g/mol. The van der Waals surface area contributed by atoms with E-state index in [0.29, 0.717) is 16.5 Å². The fourth-order valence-corrected chi connectivity index (χ4v) is 1.57. The predicted octanol–water partition coefficient (Wildman–Crippen LogP) is 3.16. The Morgan fingerprint density at radius 2 is 1.50 bits per heavy atom. The molecule has 2 aromatic heterocycles. The van der Waals surface area contributed by atoms with Crippen LogP contribution >= 0.6 is 34.2 Å². The number of aromatic nitrogens is 2. The maximum Gasteiger partial charge on any atom is 0.142 e. The maximum atomic E-state index is 8.35. The first-order valence-corrected chi connectivity index (χ1v) is 6.16. The molecular formula is C12H6ClIN4. The Kier molecular flexibility index (Phi) is 6.06. The fourth-order valence-electron chi connectivity index (χ4n) is 0.941. The standard InChI is InChI=1S/C6H3ClN2.C6H3IN2/c2*7-6-3-1-2-5(4-8)9-6/h2*1-3H. The molecule has 0 saturated carbocycles. The van der Waals surface area contributed by atoms with E-state index in [-0.39, 0.29) is 0 Å². The summed E-state index contributed by atoms with van der Waals surface area (Å²) in [4.78, 5) is 7.61. The van der Waals surface area contributed by atoms with E-state index in [1.54, 1.807) is 24.3 Å². The Bertz CT molecular complexity index is 560. The fraction of sp³-hybridized carbons (Fsp3) is 0. The number of nitriles is 2. The van der Waals surface area contributed by atoms with Gasteiger partial charge in [0.2, 0.25) is 0 Å². The largest absolute Gasteiger partial charge is 0.231 e. The minimum absolute atomic E-state index is 0.350. The van der Waals surface area contributed by atoms with Crippen LogP contribution < -0.4 is 0 Å². The highest BCUT2D eigenvalue weighted by atomic mass is 127. The summed E-state index contributed by atoms with van der Waals surface area (Å²) < 4.78 is 0.853. The minimum Gasteiger partial charge on any atom is -0.231 e. The van der Waals surface area contributed by atoms with E-state index in [2.05, 4.69) is 32.6 Å². The first kappa shape index (κ1) is 14.4. The van der Waals surface area contributed by atoms with Crippen molar-refractivity contribution in [2.24, 2.45) is 0 Å². The van der Waals surface area contributed by atoms with Gasteiger partial charge in [0.25, 0.3) is 0 Å². The average Bonchev–Trinajstić information content (AvgIpc) is 2.39. The van der Waals surface area contributed by atoms with E-state index in [9.17, 15) is 0 Å². The zero-order valence-electron chi connectivity index (χ0n) is 9.01. The third-order valence-corrected chi connectivity index (χ3v) is 2.47. The summed E-state index contributed by atoms with van der Waals surface area (Å²) in [6.07, 6.45) is 0. The van der Waals surface area contributed by atoms with Gasteiger partial charge in [0, 0.05) is 0 Å². The lowest BCUT2D eigenvalue weighted by Gasteiger charge is -1.86. The number of halogens is 2. The summed E-state index contributed by atoms with van der Waals surface area (Å²) in [6.45, 7) is 0. The lowest BCUT2D eigenvalue weighted by molar-refractivity contribution is 1.22. The molecule has 0 fully saturated rings. The van der Waals surface area contributed by atoms with Crippen LogP contribution in [-0.4, -0.2) is 9.97 Å². The van der Waals surface area contributed by atoms with Crippen molar-refractivity contribution in [3.63, 3.8) is 0 Å². The molecule has 0 N–H and O–H groups in total. The minimum atomic E-state index is 0.350. The number of nitrogens with zero attached hydrogens (tertiary/aromatic N) is 4. The van der Waals surface area contributed by atoms with Gasteiger partial charge in [0.05, 0.1) is 0 Å². The summed E-state index contributed by atoms with van der Waals surface area (Å²) in [5, 5.41) is 17.0. The Hall–Kier alpha value is -1.70. The molecule has 18 heavy (non-hydrogen) atoms. The van der Waals surface area contributed by atoms with Gasteiger partial charge in [-0.25, -0.2) is 9.97 Å². The molecular weight excluding hydrogens is 363 g/mol. The normalized spacial score (nSPS) is 8.44. The van der Waals surface area contributed by atoms with Gasteiger partial charge < -0.3 is 0 Å². The molecule has 0 unspecified atom stereocenters. The summed E-state index contributed by atoms with van der Waals surface area (Å²) in [5.74, 6) is 0. The number of hydrogen-bond acceptors (Lipinski definition) is 4. The van der Waals surface area contributed by atoms with Gasteiger partial charge in [-0.15, -0.1) is 0 Å². The molecule has 6 heteroatoms. The Balaban J connectivity index is 0.000000180. The molecule has 2 heterocycles. The van der Waals surface area contributed by atoms with Crippen LogP contribution in [0.25, 0.3) is 0 Å². The highest BCUT2D eigenvalue weighted by Crippen LogP contribution is 2.03. The van der Waals surface area contributed by atoms with Gasteiger partial charge in [0.15, 0.2) is 0 Å². The highest BCUT2D eigenvalue weighted by molar-refractivity contribution is 14.1. The second-order valence-electron chi connectivity index (χ2n) is 2.91. The zero-order valence-corrected chi connectivity index (χ0v) is 11.9. The molecule has 0 aliphatic heterocycles. The van der Waals surface area contributed by atoms with E-state index in [4.69, 9.17) is 22.1 Å². The molecule has 2 rings (SSSR count). The number of rotatable bonds is 0. The van der Waals surface area contributed by atoms with Crippen molar-refractivity contribution in [2.45, 2.75) is 0 Å². The SMILES string of the molecule is N#Cc1cccc(Cl)n1.N#Cc1cccc(I)n1.